The highest BCUT2D eigenvalue weighted by molar-refractivity contribution is 5.83. The molecule has 3 heteroatoms. The quantitative estimate of drug-likeness (QED) is 0.738. The van der Waals surface area contributed by atoms with E-state index >= 15 is 0 Å². The lowest BCUT2D eigenvalue weighted by Gasteiger charge is -2.12. The molecule has 0 amide bonds. The molecule has 1 atom stereocenters. The predicted molar refractivity (Wildman–Crippen MR) is 88.2 cm³/mol. The van der Waals surface area contributed by atoms with Crippen LogP contribution < -0.4 is 0 Å². The Morgan fingerprint density at radius 2 is 1.59 bits per heavy atom. The van der Waals surface area contributed by atoms with Crippen molar-refractivity contribution in [1.29, 1.82) is 0 Å². The fourth-order valence-electron chi connectivity index (χ4n) is 2.26. The molecule has 0 aliphatic carbocycles. The summed E-state index contributed by atoms with van der Waals surface area (Å²) in [5, 5.41) is 9.86. The summed E-state index contributed by atoms with van der Waals surface area (Å²) >= 11 is 0. The van der Waals surface area contributed by atoms with Crippen molar-refractivity contribution in [2.45, 2.75) is 6.04 Å². The lowest BCUT2D eigenvalue weighted by atomic mass is 10.0. The van der Waals surface area contributed by atoms with Gasteiger partial charge in [0, 0.05) is 18.0 Å². The maximum Gasteiger partial charge on any atom is 0.124 e. The third-order valence-electron chi connectivity index (χ3n) is 3.38. The molecule has 1 N–H and O–H groups in total. The van der Waals surface area contributed by atoms with Crippen LogP contribution in [0.1, 0.15) is 22.9 Å². The van der Waals surface area contributed by atoms with Gasteiger partial charge >= 0.3 is 0 Å². The minimum Gasteiger partial charge on any atom is -0.507 e. The van der Waals surface area contributed by atoms with Crippen molar-refractivity contribution in [2.75, 3.05) is 0 Å². The average Bonchev–Trinajstić information content (AvgIpc) is 2.59. The molecule has 0 aliphatic heterocycles. The maximum absolute atomic E-state index is 9.86. The van der Waals surface area contributed by atoms with E-state index in [0.29, 0.717) is 5.56 Å². The highest BCUT2D eigenvalue weighted by atomic mass is 16.3. The van der Waals surface area contributed by atoms with Crippen LogP contribution in [0.4, 0.5) is 0 Å². The predicted octanol–water partition coefficient (Wildman–Crippen LogP) is 4.00. The second kappa shape index (κ2) is 6.68. The first-order chi connectivity index (χ1) is 10.8. The molecule has 0 bridgehead atoms. The standard InChI is InChI=1S/C19H16N2O/c22-18-12-5-4-10-16(18)14-21-19(15-8-2-1-3-9-15)17-11-6-7-13-20-17/h1-14,19,22H/t19-/m1/s1. The lowest BCUT2D eigenvalue weighted by molar-refractivity contribution is 0.474. The van der Waals surface area contributed by atoms with E-state index in [2.05, 4.69) is 9.98 Å². The summed E-state index contributed by atoms with van der Waals surface area (Å²) in [4.78, 5) is 9.06. The Labute approximate surface area is 129 Å². The van der Waals surface area contributed by atoms with E-state index in [0.717, 1.165) is 11.3 Å². The lowest BCUT2D eigenvalue weighted by Crippen LogP contribution is -2.01. The first kappa shape index (κ1) is 14.0. The Bertz CT molecular complexity index is 715. The Morgan fingerprint density at radius 1 is 0.864 bits per heavy atom. The molecule has 0 fully saturated rings. The van der Waals surface area contributed by atoms with E-state index in [1.807, 2.05) is 60.7 Å². The van der Waals surface area contributed by atoms with Gasteiger partial charge in [0.1, 0.15) is 11.8 Å². The van der Waals surface area contributed by atoms with Gasteiger partial charge in [-0.05, 0) is 29.8 Å². The van der Waals surface area contributed by atoms with E-state index in [1.165, 1.54) is 0 Å². The van der Waals surface area contributed by atoms with E-state index in [9.17, 15) is 5.11 Å². The van der Waals surface area contributed by atoms with Crippen molar-refractivity contribution in [3.8, 4) is 5.75 Å². The zero-order valence-corrected chi connectivity index (χ0v) is 12.0. The molecule has 3 nitrogen and oxygen atoms in total. The largest absolute Gasteiger partial charge is 0.507 e. The van der Waals surface area contributed by atoms with Crippen LogP contribution in [0.2, 0.25) is 0 Å². The molecular weight excluding hydrogens is 272 g/mol. The van der Waals surface area contributed by atoms with E-state index in [4.69, 9.17) is 0 Å². The Kier molecular flexibility index (Phi) is 4.25. The number of pyridine rings is 1. The van der Waals surface area contributed by atoms with Crippen LogP contribution >= 0.6 is 0 Å². The van der Waals surface area contributed by atoms with Crippen LogP contribution in [-0.4, -0.2) is 16.3 Å². The number of nitrogens with zero attached hydrogens (tertiary/aromatic N) is 2. The first-order valence-electron chi connectivity index (χ1n) is 7.11. The zero-order chi connectivity index (χ0) is 15.2. The highest BCUT2D eigenvalue weighted by Crippen LogP contribution is 2.24. The minimum absolute atomic E-state index is 0.193. The molecule has 1 heterocycles. The number of phenols is 1. The maximum atomic E-state index is 9.86. The number of rotatable bonds is 4. The van der Waals surface area contributed by atoms with Crippen molar-refractivity contribution in [3.05, 3.63) is 95.8 Å². The van der Waals surface area contributed by atoms with Gasteiger partial charge in [-0.25, -0.2) is 0 Å². The van der Waals surface area contributed by atoms with Gasteiger partial charge in [0.05, 0.1) is 5.69 Å². The fraction of sp³-hybridized carbons (Fsp3) is 0.0526. The van der Waals surface area contributed by atoms with E-state index in [1.54, 1.807) is 24.5 Å². The SMILES string of the molecule is Oc1ccccc1C=N[C@H](c1ccccc1)c1ccccn1. The van der Waals surface area contributed by atoms with Gasteiger partial charge < -0.3 is 5.11 Å². The van der Waals surface area contributed by atoms with Gasteiger partial charge in [0.15, 0.2) is 0 Å². The zero-order valence-electron chi connectivity index (χ0n) is 12.0. The summed E-state index contributed by atoms with van der Waals surface area (Å²) in [7, 11) is 0. The molecule has 0 spiro atoms. The molecule has 2 aromatic carbocycles. The van der Waals surface area contributed by atoms with Crippen molar-refractivity contribution >= 4 is 6.21 Å². The molecule has 3 rings (SSSR count). The Morgan fingerprint density at radius 3 is 2.32 bits per heavy atom. The topological polar surface area (TPSA) is 45.5 Å². The first-order valence-corrected chi connectivity index (χ1v) is 7.11. The fourth-order valence-corrected chi connectivity index (χ4v) is 2.26. The van der Waals surface area contributed by atoms with Crippen molar-refractivity contribution in [2.24, 2.45) is 4.99 Å². The molecule has 0 saturated carbocycles. The highest BCUT2D eigenvalue weighted by Gasteiger charge is 2.13. The van der Waals surface area contributed by atoms with E-state index < -0.39 is 0 Å². The molecule has 0 radical (unpaired) electrons. The molecule has 108 valence electrons. The molecule has 0 aliphatic rings. The number of aliphatic imine (C=N–C) groups is 1. The van der Waals surface area contributed by atoms with Crippen LogP contribution in [0.15, 0.2) is 84.0 Å². The summed E-state index contributed by atoms with van der Waals surface area (Å²) in [5.74, 6) is 0.221. The smallest absolute Gasteiger partial charge is 0.124 e. The summed E-state index contributed by atoms with van der Waals surface area (Å²) in [6.45, 7) is 0. The van der Waals surface area contributed by atoms with Gasteiger partial charge in [-0.3, -0.25) is 9.98 Å². The van der Waals surface area contributed by atoms with Crippen LogP contribution in [0.25, 0.3) is 0 Å². The minimum atomic E-state index is -0.193. The number of aromatic nitrogens is 1. The number of hydrogen-bond acceptors (Lipinski definition) is 3. The van der Waals surface area contributed by atoms with Crippen molar-refractivity contribution < 1.29 is 5.11 Å². The molecule has 0 unspecified atom stereocenters. The second-order valence-corrected chi connectivity index (χ2v) is 4.90. The number of hydrogen-bond donors (Lipinski definition) is 1. The average molecular weight is 288 g/mol. The van der Waals surface area contributed by atoms with Gasteiger partial charge in [-0.1, -0.05) is 48.5 Å². The van der Waals surface area contributed by atoms with Gasteiger partial charge in [0.25, 0.3) is 0 Å². The third-order valence-corrected chi connectivity index (χ3v) is 3.38. The molecule has 3 aromatic rings. The number of benzene rings is 2. The van der Waals surface area contributed by atoms with Crippen LogP contribution in [-0.2, 0) is 0 Å². The summed E-state index contributed by atoms with van der Waals surface area (Å²) < 4.78 is 0. The second-order valence-electron chi connectivity index (χ2n) is 4.90. The van der Waals surface area contributed by atoms with Crippen LogP contribution in [0, 0.1) is 0 Å². The van der Waals surface area contributed by atoms with Gasteiger partial charge in [-0.15, -0.1) is 0 Å². The van der Waals surface area contributed by atoms with Crippen molar-refractivity contribution in [3.63, 3.8) is 0 Å². The van der Waals surface area contributed by atoms with Crippen LogP contribution in [0.5, 0.6) is 5.75 Å². The Hall–Kier alpha value is -2.94. The summed E-state index contributed by atoms with van der Waals surface area (Å²) in [6, 6.07) is 22.8. The summed E-state index contributed by atoms with van der Waals surface area (Å²) in [6.07, 6.45) is 3.46. The van der Waals surface area contributed by atoms with Crippen molar-refractivity contribution in [1.82, 2.24) is 4.98 Å². The number of aromatic hydroxyl groups is 1. The molecular formula is C19H16N2O. The number of phenolic OH excluding ortho intramolecular Hbond substituents is 1. The molecule has 0 saturated heterocycles. The van der Waals surface area contributed by atoms with Gasteiger partial charge in [0.2, 0.25) is 0 Å². The molecule has 22 heavy (non-hydrogen) atoms. The van der Waals surface area contributed by atoms with Crippen LogP contribution in [0.3, 0.4) is 0 Å². The normalized spacial score (nSPS) is 12.4. The summed E-state index contributed by atoms with van der Waals surface area (Å²) in [5.41, 5.74) is 2.63. The third kappa shape index (κ3) is 3.20. The van der Waals surface area contributed by atoms with Gasteiger partial charge in [-0.2, -0.15) is 0 Å². The number of para-hydroxylation sites is 1. The molecule has 1 aromatic heterocycles. The van der Waals surface area contributed by atoms with E-state index in [-0.39, 0.29) is 11.8 Å². The monoisotopic (exact) mass is 288 g/mol. The Balaban J connectivity index is 1.98.